The predicted octanol–water partition coefficient (Wildman–Crippen LogP) is 1.55. The van der Waals surface area contributed by atoms with Crippen molar-refractivity contribution in [3.05, 3.63) is 31.6 Å². The number of H-pyrrole nitrogens is 2. The van der Waals surface area contributed by atoms with Crippen molar-refractivity contribution in [1.29, 1.82) is 5.41 Å². The third-order valence-corrected chi connectivity index (χ3v) is 2.93. The van der Waals surface area contributed by atoms with Crippen LogP contribution in [0.1, 0.15) is 18.5 Å². The maximum atomic E-state index is 11.2. The molecule has 0 amide bonds. The van der Waals surface area contributed by atoms with E-state index >= 15 is 0 Å². The molecular formula is C9H12Cl2F2N4O2. The third-order valence-electron chi connectivity index (χ3n) is 2.53. The lowest BCUT2D eigenvalue weighted by atomic mass is 10.3. The number of likely N-dealkylation sites (tertiary alicyclic amines) is 1. The monoisotopic (exact) mass is 316 g/mol. The fraction of sp³-hybridized carbons (Fsp3) is 0.444. The van der Waals surface area contributed by atoms with Crippen molar-refractivity contribution in [3.63, 3.8) is 0 Å². The van der Waals surface area contributed by atoms with Crippen LogP contribution in [-0.2, 0) is 6.54 Å². The van der Waals surface area contributed by atoms with Gasteiger partial charge in [0.25, 0.3) is 5.56 Å². The van der Waals surface area contributed by atoms with Crippen LogP contribution in [-0.4, -0.2) is 27.2 Å². The fourth-order valence-electron chi connectivity index (χ4n) is 1.72. The van der Waals surface area contributed by atoms with E-state index < -0.39 is 11.2 Å². The van der Waals surface area contributed by atoms with Gasteiger partial charge in [-0.1, -0.05) is 11.6 Å². The number of halogens is 4. The summed E-state index contributed by atoms with van der Waals surface area (Å²) in [5, 5.41) is 7.62. The highest BCUT2D eigenvalue weighted by Crippen LogP contribution is 2.15. The predicted molar refractivity (Wildman–Crippen MR) is 69.5 cm³/mol. The van der Waals surface area contributed by atoms with E-state index in [0.29, 0.717) is 18.1 Å². The molecule has 2 rings (SSSR count). The number of rotatable bonds is 2. The Hall–Kier alpha value is -1.41. The molecule has 1 aliphatic heterocycles. The Balaban J connectivity index is 0.00000103. The molecule has 0 radical (unpaired) electrons. The van der Waals surface area contributed by atoms with Crippen molar-refractivity contribution in [3.8, 4) is 0 Å². The van der Waals surface area contributed by atoms with Crippen molar-refractivity contribution in [2.75, 3.05) is 6.54 Å². The van der Waals surface area contributed by atoms with E-state index in [0.717, 1.165) is 19.4 Å². The zero-order chi connectivity index (χ0) is 13.7. The van der Waals surface area contributed by atoms with Crippen LogP contribution < -0.4 is 11.2 Å². The SMILES string of the molecule is Cl.FF.N=C1CCCN1Cc1[nH]c(=O)[nH]c(=O)c1Cl. The number of hydrogen-bond donors (Lipinski definition) is 3. The molecule has 108 valence electrons. The van der Waals surface area contributed by atoms with Gasteiger partial charge in [-0.3, -0.25) is 15.2 Å². The summed E-state index contributed by atoms with van der Waals surface area (Å²) in [7, 11) is 0. The Bertz CT molecular complexity index is 546. The van der Waals surface area contributed by atoms with Crippen molar-refractivity contribution < 1.29 is 9.15 Å². The molecule has 0 spiro atoms. The molecule has 1 fully saturated rings. The summed E-state index contributed by atoms with van der Waals surface area (Å²) < 4.78 is 16.0. The first-order valence-corrected chi connectivity index (χ1v) is 5.43. The minimum atomic E-state index is -0.592. The molecule has 19 heavy (non-hydrogen) atoms. The normalized spacial score (nSPS) is 13.6. The molecule has 3 N–H and O–H groups in total. The van der Waals surface area contributed by atoms with Crippen molar-refractivity contribution in [2.45, 2.75) is 19.4 Å². The first-order chi connectivity index (χ1) is 8.58. The molecule has 1 aromatic heterocycles. The Morgan fingerprint density at radius 2 is 1.95 bits per heavy atom. The van der Waals surface area contributed by atoms with E-state index in [9.17, 15) is 9.59 Å². The number of aromatic amines is 2. The summed E-state index contributed by atoms with van der Waals surface area (Å²) in [4.78, 5) is 28.6. The quantitative estimate of drug-likeness (QED) is 0.772. The molecule has 1 aromatic rings. The van der Waals surface area contributed by atoms with Crippen LogP contribution in [0.25, 0.3) is 0 Å². The van der Waals surface area contributed by atoms with Gasteiger partial charge in [-0.15, -0.1) is 12.4 Å². The van der Waals surface area contributed by atoms with Crippen LogP contribution in [0.4, 0.5) is 9.15 Å². The van der Waals surface area contributed by atoms with Gasteiger partial charge in [-0.25, -0.2) is 4.79 Å². The van der Waals surface area contributed by atoms with Gasteiger partial charge in [0.1, 0.15) is 5.02 Å². The van der Waals surface area contributed by atoms with Gasteiger partial charge >= 0.3 is 5.69 Å². The fourth-order valence-corrected chi connectivity index (χ4v) is 1.88. The minimum Gasteiger partial charge on any atom is -0.355 e. The van der Waals surface area contributed by atoms with Crippen LogP contribution in [0, 0.1) is 5.41 Å². The molecule has 0 atom stereocenters. The van der Waals surface area contributed by atoms with E-state index in [4.69, 9.17) is 26.2 Å². The second-order valence-electron chi connectivity index (χ2n) is 3.67. The van der Waals surface area contributed by atoms with Crippen LogP contribution in [0.15, 0.2) is 9.59 Å². The summed E-state index contributed by atoms with van der Waals surface area (Å²) in [5.41, 5.74) is -0.802. The van der Waals surface area contributed by atoms with Gasteiger partial charge in [-0.05, 0) is 6.42 Å². The molecule has 0 bridgehead atoms. The topological polar surface area (TPSA) is 92.8 Å². The van der Waals surface area contributed by atoms with E-state index in [1.807, 2.05) is 4.98 Å². The van der Waals surface area contributed by atoms with E-state index in [2.05, 4.69) is 4.98 Å². The lowest BCUT2D eigenvalue weighted by Crippen LogP contribution is -2.30. The largest absolute Gasteiger partial charge is 0.355 e. The number of amidine groups is 1. The number of hydrogen-bond acceptors (Lipinski definition) is 3. The lowest BCUT2D eigenvalue weighted by molar-refractivity contribution is 0.108. The van der Waals surface area contributed by atoms with Crippen LogP contribution >= 0.6 is 24.0 Å². The van der Waals surface area contributed by atoms with Crippen molar-refractivity contribution in [2.24, 2.45) is 0 Å². The highest BCUT2D eigenvalue weighted by atomic mass is 35.5. The van der Waals surface area contributed by atoms with E-state index in [1.54, 1.807) is 4.90 Å². The summed E-state index contributed by atoms with van der Waals surface area (Å²) in [5.74, 6) is 0.511. The zero-order valence-electron chi connectivity index (χ0n) is 9.63. The van der Waals surface area contributed by atoms with Gasteiger partial charge in [0.2, 0.25) is 0 Å². The molecule has 10 heteroatoms. The second-order valence-corrected chi connectivity index (χ2v) is 4.05. The molecule has 0 unspecified atom stereocenters. The smallest absolute Gasteiger partial charge is 0.326 e. The van der Waals surface area contributed by atoms with Crippen LogP contribution in [0.2, 0.25) is 5.02 Å². The Kier molecular flexibility index (Phi) is 7.32. The van der Waals surface area contributed by atoms with Gasteiger partial charge < -0.3 is 9.88 Å². The first-order valence-electron chi connectivity index (χ1n) is 5.05. The molecule has 1 aliphatic rings. The van der Waals surface area contributed by atoms with Gasteiger partial charge in [0, 0.05) is 22.1 Å². The summed E-state index contributed by atoms with van der Waals surface area (Å²) in [6.07, 6.45) is 1.65. The summed E-state index contributed by atoms with van der Waals surface area (Å²) in [6, 6.07) is 0. The van der Waals surface area contributed by atoms with Crippen molar-refractivity contribution in [1.82, 2.24) is 14.9 Å². The highest BCUT2D eigenvalue weighted by molar-refractivity contribution is 6.31. The molecule has 0 aromatic carbocycles. The van der Waals surface area contributed by atoms with Crippen LogP contribution in [0.5, 0.6) is 0 Å². The van der Waals surface area contributed by atoms with Crippen molar-refractivity contribution >= 4 is 29.8 Å². The lowest BCUT2D eigenvalue weighted by Gasteiger charge is -2.17. The summed E-state index contributed by atoms with van der Waals surface area (Å²) >= 11 is 5.78. The van der Waals surface area contributed by atoms with Gasteiger partial charge in [0.15, 0.2) is 0 Å². The van der Waals surface area contributed by atoms with Gasteiger partial charge in [-0.2, -0.15) is 0 Å². The Morgan fingerprint density at radius 1 is 1.32 bits per heavy atom. The highest BCUT2D eigenvalue weighted by Gasteiger charge is 2.19. The first kappa shape index (κ1) is 17.6. The Morgan fingerprint density at radius 3 is 2.47 bits per heavy atom. The van der Waals surface area contributed by atoms with Gasteiger partial charge in [0.05, 0.1) is 18.1 Å². The molecule has 0 saturated carbocycles. The van der Waals surface area contributed by atoms with E-state index in [1.165, 1.54) is 0 Å². The summed E-state index contributed by atoms with van der Waals surface area (Å²) in [6.45, 7) is 1.06. The second kappa shape index (κ2) is 7.90. The average molecular weight is 317 g/mol. The standard InChI is InChI=1S/C9H11ClN4O2.ClH.F2/c10-7-5(12-9(16)13-8(7)15)4-14-3-1-2-6(14)11;;1-2/h11H,1-4H2,(H2,12,13,15,16);1H;. The molecule has 0 aliphatic carbocycles. The minimum absolute atomic E-state index is 0. The molecule has 2 heterocycles. The number of nitrogens with one attached hydrogen (secondary N) is 3. The van der Waals surface area contributed by atoms with E-state index in [-0.39, 0.29) is 17.4 Å². The average Bonchev–Trinajstić information content (AvgIpc) is 2.74. The third kappa shape index (κ3) is 4.32. The molecule has 6 nitrogen and oxygen atoms in total. The number of aromatic nitrogens is 2. The molecule has 1 saturated heterocycles. The zero-order valence-corrected chi connectivity index (χ0v) is 11.2. The molecular weight excluding hydrogens is 305 g/mol. The number of nitrogens with zero attached hydrogens (tertiary/aromatic N) is 1. The maximum Gasteiger partial charge on any atom is 0.326 e. The van der Waals surface area contributed by atoms with Crippen LogP contribution in [0.3, 0.4) is 0 Å². The Labute approximate surface area is 117 Å². The maximum absolute atomic E-state index is 11.2.